The summed E-state index contributed by atoms with van der Waals surface area (Å²) in [7, 11) is 1.73. The molecule has 0 aliphatic carbocycles. The predicted molar refractivity (Wildman–Crippen MR) is 126 cm³/mol. The Morgan fingerprint density at radius 1 is 0.939 bits per heavy atom. The number of aliphatic carboxylic acids is 2. The van der Waals surface area contributed by atoms with Crippen molar-refractivity contribution < 1.29 is 34.1 Å². The van der Waals surface area contributed by atoms with Crippen LogP contribution < -0.4 is 9.64 Å². The first-order valence-electron chi connectivity index (χ1n) is 11.3. The molecule has 0 saturated carbocycles. The van der Waals surface area contributed by atoms with E-state index in [-0.39, 0.29) is 5.97 Å². The first-order chi connectivity index (χ1) is 15.9. The Morgan fingerprint density at radius 3 is 2.12 bits per heavy atom. The second-order valence-corrected chi connectivity index (χ2v) is 7.48. The van der Waals surface area contributed by atoms with Crippen molar-refractivity contribution in [1.82, 2.24) is 4.90 Å². The molecule has 184 valence electrons. The Balaban J connectivity index is 0.000000582. The summed E-state index contributed by atoms with van der Waals surface area (Å²) in [6.45, 7) is 7.78. The Bertz CT molecular complexity index is 743. The SMILES string of the molecule is CCOC(=O)CCCCCCN1CCN(c2ccccc2OC)CC1.O=C(O)C=CC(=O)O. The molecule has 0 radical (unpaired) electrons. The number of carboxylic acid groups (broad SMARTS) is 2. The highest BCUT2D eigenvalue weighted by molar-refractivity contribution is 5.89. The van der Waals surface area contributed by atoms with E-state index in [9.17, 15) is 14.4 Å². The molecule has 0 spiro atoms. The van der Waals surface area contributed by atoms with Crippen molar-refractivity contribution in [2.75, 3.05) is 51.3 Å². The Morgan fingerprint density at radius 2 is 1.55 bits per heavy atom. The number of hydrogen-bond donors (Lipinski definition) is 2. The van der Waals surface area contributed by atoms with Gasteiger partial charge in [-0.1, -0.05) is 25.0 Å². The minimum absolute atomic E-state index is 0.0602. The molecule has 0 unspecified atom stereocenters. The number of ether oxygens (including phenoxy) is 2. The average Bonchev–Trinajstić information content (AvgIpc) is 2.81. The van der Waals surface area contributed by atoms with Crippen LogP contribution in [-0.2, 0) is 19.1 Å². The van der Waals surface area contributed by atoms with Crippen LogP contribution in [0.25, 0.3) is 0 Å². The van der Waals surface area contributed by atoms with Gasteiger partial charge in [0, 0.05) is 44.8 Å². The third-order valence-electron chi connectivity index (χ3n) is 5.08. The van der Waals surface area contributed by atoms with Gasteiger partial charge in [0.2, 0.25) is 0 Å². The van der Waals surface area contributed by atoms with Crippen LogP contribution in [0.15, 0.2) is 36.4 Å². The van der Waals surface area contributed by atoms with E-state index < -0.39 is 11.9 Å². The summed E-state index contributed by atoms with van der Waals surface area (Å²) >= 11 is 0. The van der Waals surface area contributed by atoms with Gasteiger partial charge in [-0.25, -0.2) is 9.59 Å². The first-order valence-corrected chi connectivity index (χ1v) is 11.3. The normalized spacial score (nSPS) is 13.8. The molecule has 0 bridgehead atoms. The van der Waals surface area contributed by atoms with Crippen molar-refractivity contribution in [2.45, 2.75) is 39.0 Å². The number of methoxy groups -OCH3 is 1. The number of benzene rings is 1. The Labute approximate surface area is 195 Å². The van der Waals surface area contributed by atoms with Gasteiger partial charge >= 0.3 is 17.9 Å². The molecule has 1 aromatic rings. The van der Waals surface area contributed by atoms with Gasteiger partial charge in [-0.3, -0.25) is 9.69 Å². The number of piperazine rings is 1. The van der Waals surface area contributed by atoms with Crippen LogP contribution in [0.4, 0.5) is 5.69 Å². The smallest absolute Gasteiger partial charge is 0.328 e. The lowest BCUT2D eigenvalue weighted by Gasteiger charge is -2.36. The summed E-state index contributed by atoms with van der Waals surface area (Å²) in [4.78, 5) is 35.3. The number of esters is 1. The highest BCUT2D eigenvalue weighted by Crippen LogP contribution is 2.28. The van der Waals surface area contributed by atoms with E-state index in [4.69, 9.17) is 19.7 Å². The third-order valence-corrected chi connectivity index (χ3v) is 5.08. The van der Waals surface area contributed by atoms with E-state index in [0.717, 1.165) is 51.3 Å². The van der Waals surface area contributed by atoms with Crippen LogP contribution in [0, 0.1) is 0 Å². The lowest BCUT2D eigenvalue weighted by atomic mass is 10.1. The van der Waals surface area contributed by atoms with E-state index in [1.165, 1.54) is 18.5 Å². The van der Waals surface area contributed by atoms with Crippen LogP contribution in [0.1, 0.15) is 39.0 Å². The van der Waals surface area contributed by atoms with Gasteiger partial charge in [0.15, 0.2) is 0 Å². The maximum absolute atomic E-state index is 11.3. The van der Waals surface area contributed by atoms with Crippen molar-refractivity contribution in [1.29, 1.82) is 0 Å². The molecular formula is C24H36N2O7. The minimum Gasteiger partial charge on any atom is -0.495 e. The third kappa shape index (κ3) is 12.5. The molecule has 0 atom stereocenters. The molecule has 0 aromatic heterocycles. The van der Waals surface area contributed by atoms with E-state index in [0.29, 0.717) is 25.2 Å². The highest BCUT2D eigenvalue weighted by atomic mass is 16.5. The summed E-state index contributed by atoms with van der Waals surface area (Å²) < 4.78 is 10.4. The van der Waals surface area contributed by atoms with Gasteiger partial charge in [-0.2, -0.15) is 0 Å². The molecule has 9 nitrogen and oxygen atoms in total. The molecule has 1 saturated heterocycles. The van der Waals surface area contributed by atoms with E-state index in [1.807, 2.05) is 19.1 Å². The molecule has 1 aromatic carbocycles. The van der Waals surface area contributed by atoms with Crippen molar-refractivity contribution in [3.05, 3.63) is 36.4 Å². The summed E-state index contributed by atoms with van der Waals surface area (Å²) in [6.07, 6.45) is 6.13. The number of unbranched alkanes of at least 4 members (excludes halogenated alkanes) is 3. The van der Waals surface area contributed by atoms with Crippen molar-refractivity contribution >= 4 is 23.6 Å². The topological polar surface area (TPSA) is 117 Å². The largest absolute Gasteiger partial charge is 0.495 e. The zero-order chi connectivity index (χ0) is 24.5. The van der Waals surface area contributed by atoms with Crippen molar-refractivity contribution in [3.8, 4) is 5.75 Å². The second-order valence-electron chi connectivity index (χ2n) is 7.48. The fourth-order valence-electron chi connectivity index (χ4n) is 3.44. The maximum atomic E-state index is 11.3. The van der Waals surface area contributed by atoms with Crippen LogP contribution in [-0.4, -0.2) is 79.5 Å². The highest BCUT2D eigenvalue weighted by Gasteiger charge is 2.18. The number of anilines is 1. The Hall–Kier alpha value is -3.07. The van der Waals surface area contributed by atoms with Gasteiger partial charge in [-0.05, 0) is 38.4 Å². The molecular weight excluding hydrogens is 428 g/mol. The van der Waals surface area contributed by atoms with Gasteiger partial charge in [0.05, 0.1) is 19.4 Å². The zero-order valence-electron chi connectivity index (χ0n) is 19.6. The second kappa shape index (κ2) is 16.5. The van der Waals surface area contributed by atoms with Crippen LogP contribution >= 0.6 is 0 Å². The lowest BCUT2D eigenvalue weighted by molar-refractivity contribution is -0.143. The number of hydrogen-bond acceptors (Lipinski definition) is 7. The fourth-order valence-corrected chi connectivity index (χ4v) is 3.44. The van der Waals surface area contributed by atoms with Crippen molar-refractivity contribution in [3.63, 3.8) is 0 Å². The molecule has 2 rings (SSSR count). The van der Waals surface area contributed by atoms with Gasteiger partial charge in [0.1, 0.15) is 5.75 Å². The van der Waals surface area contributed by atoms with Crippen LogP contribution in [0.5, 0.6) is 5.75 Å². The predicted octanol–water partition coefficient (Wildman–Crippen LogP) is 3.04. The summed E-state index contributed by atoms with van der Waals surface area (Å²) in [5.41, 5.74) is 1.20. The van der Waals surface area contributed by atoms with Crippen molar-refractivity contribution in [2.24, 2.45) is 0 Å². The maximum Gasteiger partial charge on any atom is 0.328 e. The lowest BCUT2D eigenvalue weighted by Crippen LogP contribution is -2.46. The Kier molecular flexibility index (Phi) is 14.0. The van der Waals surface area contributed by atoms with E-state index in [2.05, 4.69) is 21.9 Å². The van der Waals surface area contributed by atoms with E-state index in [1.54, 1.807) is 7.11 Å². The molecule has 1 heterocycles. The van der Waals surface area contributed by atoms with Crippen LogP contribution in [0.3, 0.4) is 0 Å². The standard InChI is InChI=1S/C20H32N2O3.C4H4O4/c1-3-25-20(23)12-6-4-5-9-13-21-14-16-22(17-15-21)18-10-7-8-11-19(18)24-2;5-3(6)1-2-4(7)8/h7-8,10-11H,3-6,9,12-17H2,1-2H3;1-2H,(H,5,6)(H,7,8). The molecule has 1 fully saturated rings. The molecule has 2 N–H and O–H groups in total. The fraction of sp³-hybridized carbons (Fsp3) is 0.542. The number of nitrogens with zero attached hydrogens (tertiary/aromatic N) is 2. The number of carboxylic acids is 2. The summed E-state index contributed by atoms with van der Waals surface area (Å²) in [6, 6.07) is 8.25. The molecule has 1 aliphatic rings. The summed E-state index contributed by atoms with van der Waals surface area (Å²) in [5, 5.41) is 15.6. The monoisotopic (exact) mass is 464 g/mol. The average molecular weight is 465 g/mol. The quantitative estimate of drug-likeness (QED) is 0.273. The number of carbonyl (C=O) groups is 3. The molecule has 0 amide bonds. The number of rotatable bonds is 12. The molecule has 1 aliphatic heterocycles. The van der Waals surface area contributed by atoms with E-state index >= 15 is 0 Å². The van der Waals surface area contributed by atoms with Gasteiger partial charge in [-0.15, -0.1) is 0 Å². The summed E-state index contributed by atoms with van der Waals surface area (Å²) in [5.74, 6) is -1.62. The number of para-hydroxylation sites is 2. The number of carbonyl (C=O) groups excluding carboxylic acids is 1. The van der Waals surface area contributed by atoms with Crippen LogP contribution in [0.2, 0.25) is 0 Å². The molecule has 33 heavy (non-hydrogen) atoms. The van der Waals surface area contributed by atoms with Gasteiger partial charge in [0.25, 0.3) is 0 Å². The molecule has 9 heteroatoms. The van der Waals surface area contributed by atoms with Gasteiger partial charge < -0.3 is 24.6 Å². The zero-order valence-corrected chi connectivity index (χ0v) is 19.6. The minimum atomic E-state index is -1.26. The first kappa shape index (κ1) is 28.0.